The third-order valence-electron chi connectivity index (χ3n) is 5.48. The number of hydrogen-bond acceptors (Lipinski definition) is 3. The van der Waals surface area contributed by atoms with Gasteiger partial charge in [0.15, 0.2) is 0 Å². The number of rotatable bonds is 6. The smallest absolute Gasteiger partial charge is 0.120 e. The highest BCUT2D eigenvalue weighted by molar-refractivity contribution is 6.31. The van der Waals surface area contributed by atoms with Crippen LogP contribution in [0.4, 0.5) is 0 Å². The summed E-state index contributed by atoms with van der Waals surface area (Å²) in [5.41, 5.74) is 2.29. The van der Waals surface area contributed by atoms with E-state index in [-0.39, 0.29) is 0 Å². The fourth-order valence-electron chi connectivity index (χ4n) is 3.97. The lowest BCUT2D eigenvalue weighted by Gasteiger charge is -2.45. The summed E-state index contributed by atoms with van der Waals surface area (Å²) >= 11 is 6.19. The third-order valence-corrected chi connectivity index (χ3v) is 5.84. The van der Waals surface area contributed by atoms with Crippen molar-refractivity contribution < 1.29 is 4.74 Å². The maximum atomic E-state index is 6.19. The monoisotopic (exact) mass is 356 g/mol. The van der Waals surface area contributed by atoms with E-state index >= 15 is 0 Å². The lowest BCUT2D eigenvalue weighted by molar-refractivity contribution is 0.0720. The van der Waals surface area contributed by atoms with Gasteiger partial charge in [-0.15, -0.1) is 0 Å². The first-order valence-corrected chi connectivity index (χ1v) is 9.56. The number of fused-ring (bicyclic) bond motifs is 3. The minimum atomic E-state index is 0.496. The van der Waals surface area contributed by atoms with E-state index in [9.17, 15) is 0 Å². The second kappa shape index (κ2) is 7.77. The molecule has 0 saturated carbocycles. The van der Waals surface area contributed by atoms with Gasteiger partial charge in [-0.05, 0) is 55.6 Å². The van der Waals surface area contributed by atoms with E-state index in [1.807, 2.05) is 30.3 Å². The van der Waals surface area contributed by atoms with Crippen molar-refractivity contribution in [2.75, 3.05) is 19.6 Å². The number of hydrogen-bond donors (Lipinski definition) is 1. The molecule has 1 unspecified atom stereocenters. The first-order chi connectivity index (χ1) is 12.3. The molecule has 1 N–H and O–H groups in total. The predicted molar refractivity (Wildman–Crippen MR) is 102 cm³/mol. The van der Waals surface area contributed by atoms with Gasteiger partial charge in [-0.25, -0.2) is 0 Å². The maximum Gasteiger partial charge on any atom is 0.120 e. The van der Waals surface area contributed by atoms with E-state index in [2.05, 4.69) is 28.4 Å². The molecule has 2 aromatic rings. The number of nitrogens with zero attached hydrogens (tertiary/aromatic N) is 1. The van der Waals surface area contributed by atoms with Crippen molar-refractivity contribution in [3.8, 4) is 5.75 Å². The summed E-state index contributed by atoms with van der Waals surface area (Å²) in [5.74, 6) is 1.75. The molecule has 0 radical (unpaired) electrons. The summed E-state index contributed by atoms with van der Waals surface area (Å²) in [6, 6.07) is 16.8. The van der Waals surface area contributed by atoms with Gasteiger partial charge in [-0.1, -0.05) is 41.9 Å². The van der Waals surface area contributed by atoms with Gasteiger partial charge >= 0.3 is 0 Å². The van der Waals surface area contributed by atoms with Crippen molar-refractivity contribution in [3.05, 3.63) is 64.7 Å². The van der Waals surface area contributed by atoms with E-state index < -0.39 is 0 Å². The second-order valence-electron chi connectivity index (χ2n) is 7.15. The zero-order valence-corrected chi connectivity index (χ0v) is 15.2. The molecular weight excluding hydrogens is 332 g/mol. The Morgan fingerprint density at radius 1 is 1.08 bits per heavy atom. The summed E-state index contributed by atoms with van der Waals surface area (Å²) < 4.78 is 5.93. The Morgan fingerprint density at radius 3 is 2.68 bits per heavy atom. The largest absolute Gasteiger partial charge is 0.489 e. The Bertz CT molecular complexity index is 713. The van der Waals surface area contributed by atoms with Crippen LogP contribution >= 0.6 is 11.6 Å². The zero-order chi connectivity index (χ0) is 17.1. The Kier molecular flexibility index (Phi) is 5.25. The van der Waals surface area contributed by atoms with Crippen LogP contribution in [0, 0.1) is 5.92 Å². The van der Waals surface area contributed by atoms with Crippen molar-refractivity contribution in [1.82, 2.24) is 10.2 Å². The van der Waals surface area contributed by atoms with Gasteiger partial charge in [-0.3, -0.25) is 0 Å². The maximum absolute atomic E-state index is 6.19. The van der Waals surface area contributed by atoms with E-state index in [4.69, 9.17) is 16.3 Å². The Labute approximate surface area is 154 Å². The van der Waals surface area contributed by atoms with Crippen LogP contribution in [0.3, 0.4) is 0 Å². The van der Waals surface area contributed by atoms with Gasteiger partial charge in [-0.2, -0.15) is 0 Å². The Morgan fingerprint density at radius 2 is 1.92 bits per heavy atom. The highest BCUT2D eigenvalue weighted by Gasteiger charge is 2.33. The van der Waals surface area contributed by atoms with Gasteiger partial charge in [0.25, 0.3) is 0 Å². The van der Waals surface area contributed by atoms with Gasteiger partial charge in [0.1, 0.15) is 12.4 Å². The Balaban J connectivity index is 1.33. The fourth-order valence-corrected chi connectivity index (χ4v) is 4.16. The van der Waals surface area contributed by atoms with Crippen LogP contribution in [0.1, 0.15) is 24.0 Å². The number of ether oxygens (including phenoxy) is 1. The summed E-state index contributed by atoms with van der Waals surface area (Å²) in [6.45, 7) is 5.17. The highest BCUT2D eigenvalue weighted by atomic mass is 35.5. The lowest BCUT2D eigenvalue weighted by atomic mass is 9.84. The lowest BCUT2D eigenvalue weighted by Crippen LogP contribution is -2.55. The van der Waals surface area contributed by atoms with Crippen molar-refractivity contribution >= 4 is 11.6 Å². The molecule has 0 aromatic heterocycles. The van der Waals surface area contributed by atoms with Crippen LogP contribution < -0.4 is 10.1 Å². The SMILES string of the molecule is Clc1ccccc1COc1cccc(CNC2CN3CCC2CC3)c1. The molecule has 132 valence electrons. The topological polar surface area (TPSA) is 24.5 Å². The van der Waals surface area contributed by atoms with E-state index in [1.54, 1.807) is 0 Å². The number of halogens is 1. The van der Waals surface area contributed by atoms with Crippen LogP contribution in [0.25, 0.3) is 0 Å². The average molecular weight is 357 g/mol. The molecule has 4 heteroatoms. The van der Waals surface area contributed by atoms with Gasteiger partial charge < -0.3 is 15.0 Å². The van der Waals surface area contributed by atoms with Crippen molar-refractivity contribution in [2.45, 2.75) is 32.0 Å². The fraction of sp³-hybridized carbons (Fsp3) is 0.429. The summed E-state index contributed by atoms with van der Waals surface area (Å²) in [6.07, 6.45) is 2.69. The third kappa shape index (κ3) is 4.17. The van der Waals surface area contributed by atoms with E-state index in [0.29, 0.717) is 12.6 Å². The highest BCUT2D eigenvalue weighted by Crippen LogP contribution is 2.28. The molecule has 0 spiro atoms. The van der Waals surface area contributed by atoms with Crippen LogP contribution in [0.15, 0.2) is 48.5 Å². The molecule has 2 bridgehead atoms. The minimum absolute atomic E-state index is 0.496. The molecule has 3 aliphatic rings. The van der Waals surface area contributed by atoms with Gasteiger partial charge in [0.2, 0.25) is 0 Å². The van der Waals surface area contributed by atoms with Crippen molar-refractivity contribution in [3.63, 3.8) is 0 Å². The van der Waals surface area contributed by atoms with Crippen LogP contribution in [-0.2, 0) is 13.2 Å². The molecule has 5 rings (SSSR count). The van der Waals surface area contributed by atoms with E-state index in [0.717, 1.165) is 28.8 Å². The molecular formula is C21H25ClN2O. The quantitative estimate of drug-likeness (QED) is 0.843. The van der Waals surface area contributed by atoms with Crippen LogP contribution in [-0.4, -0.2) is 30.6 Å². The molecule has 0 amide bonds. The van der Waals surface area contributed by atoms with Crippen LogP contribution in [0.5, 0.6) is 5.75 Å². The summed E-state index contributed by atoms with van der Waals surface area (Å²) in [4.78, 5) is 2.58. The van der Waals surface area contributed by atoms with Crippen molar-refractivity contribution in [1.29, 1.82) is 0 Å². The molecule has 3 nitrogen and oxygen atoms in total. The minimum Gasteiger partial charge on any atom is -0.489 e. The normalized spacial score (nSPS) is 25.1. The summed E-state index contributed by atoms with van der Waals surface area (Å²) in [7, 11) is 0. The molecule has 2 aromatic carbocycles. The second-order valence-corrected chi connectivity index (χ2v) is 7.56. The van der Waals surface area contributed by atoms with Gasteiger partial charge in [0, 0.05) is 29.7 Å². The molecule has 25 heavy (non-hydrogen) atoms. The van der Waals surface area contributed by atoms with Crippen molar-refractivity contribution in [2.24, 2.45) is 5.92 Å². The number of nitrogens with one attached hydrogen (secondary N) is 1. The summed E-state index contributed by atoms with van der Waals surface area (Å²) in [5, 5.41) is 4.51. The molecule has 3 aliphatic heterocycles. The van der Waals surface area contributed by atoms with E-state index in [1.165, 1.54) is 38.0 Å². The number of piperidine rings is 3. The first kappa shape index (κ1) is 16.9. The van der Waals surface area contributed by atoms with Gasteiger partial charge in [0.05, 0.1) is 0 Å². The standard InChI is InChI=1S/C21H25ClN2O/c22-20-7-2-1-5-18(20)15-25-19-6-3-4-16(12-19)13-23-21-14-24-10-8-17(21)9-11-24/h1-7,12,17,21,23H,8-11,13-15H2. The molecule has 3 heterocycles. The molecule has 1 atom stereocenters. The zero-order valence-electron chi connectivity index (χ0n) is 14.5. The Hall–Kier alpha value is -1.55. The predicted octanol–water partition coefficient (Wildman–Crippen LogP) is 4.10. The number of benzene rings is 2. The van der Waals surface area contributed by atoms with Crippen LogP contribution in [0.2, 0.25) is 5.02 Å². The molecule has 3 fully saturated rings. The molecule has 0 aliphatic carbocycles. The first-order valence-electron chi connectivity index (χ1n) is 9.19. The average Bonchev–Trinajstić information content (AvgIpc) is 2.67. The molecule has 3 saturated heterocycles.